The number of thioether (sulfide) groups is 1. The van der Waals surface area contributed by atoms with Crippen LogP contribution in [0, 0.1) is 0 Å². The van der Waals surface area contributed by atoms with Crippen LogP contribution in [0.15, 0.2) is 53.8 Å². The molecule has 8 nitrogen and oxygen atoms in total. The van der Waals surface area contributed by atoms with Crippen molar-refractivity contribution in [3.63, 3.8) is 0 Å². The number of nitrogens with zero attached hydrogens (tertiary/aromatic N) is 5. The molecule has 4 rings (SSSR count). The van der Waals surface area contributed by atoms with Gasteiger partial charge in [0.25, 0.3) is 0 Å². The summed E-state index contributed by atoms with van der Waals surface area (Å²) in [6.07, 6.45) is 1.50. The summed E-state index contributed by atoms with van der Waals surface area (Å²) >= 11 is 7.23. The first-order valence-electron chi connectivity index (χ1n) is 9.99. The molecular formula is C21H23ClN6O2S. The average Bonchev–Trinajstić information content (AvgIpc) is 3.18. The Morgan fingerprint density at radius 3 is 2.68 bits per heavy atom. The zero-order valence-electron chi connectivity index (χ0n) is 17.1. The highest BCUT2D eigenvalue weighted by Crippen LogP contribution is 2.28. The van der Waals surface area contributed by atoms with Crippen LogP contribution in [-0.2, 0) is 16.1 Å². The molecule has 0 radical (unpaired) electrons. The van der Waals surface area contributed by atoms with Crippen LogP contribution in [0.5, 0.6) is 0 Å². The second-order valence-corrected chi connectivity index (χ2v) is 8.81. The summed E-state index contributed by atoms with van der Waals surface area (Å²) in [7, 11) is 0. The van der Waals surface area contributed by atoms with Gasteiger partial charge in [-0.25, -0.2) is 4.98 Å². The number of pyridine rings is 1. The predicted octanol–water partition coefficient (Wildman–Crippen LogP) is 3.33. The molecule has 2 aromatic heterocycles. The summed E-state index contributed by atoms with van der Waals surface area (Å²) < 4.78 is 7.54. The number of benzene rings is 1. The Morgan fingerprint density at radius 1 is 1.19 bits per heavy atom. The maximum atomic E-state index is 12.7. The first kappa shape index (κ1) is 21.6. The number of ether oxygens (including phenoxy) is 1. The highest BCUT2D eigenvalue weighted by molar-refractivity contribution is 8.00. The van der Waals surface area contributed by atoms with E-state index in [-0.39, 0.29) is 5.91 Å². The number of halogens is 1. The van der Waals surface area contributed by atoms with E-state index >= 15 is 0 Å². The summed E-state index contributed by atoms with van der Waals surface area (Å²) in [6, 6.07) is 13.5. The monoisotopic (exact) mass is 458 g/mol. The second-order valence-electron chi connectivity index (χ2n) is 7.06. The fraction of sp³-hybridized carbons (Fsp3) is 0.333. The van der Waals surface area contributed by atoms with Gasteiger partial charge in [-0.3, -0.25) is 9.36 Å². The number of anilines is 2. The molecule has 1 fully saturated rings. The fourth-order valence-electron chi connectivity index (χ4n) is 3.16. The highest BCUT2D eigenvalue weighted by Gasteiger charge is 2.24. The van der Waals surface area contributed by atoms with Gasteiger partial charge in [0, 0.05) is 19.3 Å². The van der Waals surface area contributed by atoms with E-state index in [0.717, 1.165) is 24.6 Å². The lowest BCUT2D eigenvalue weighted by Gasteiger charge is -2.28. The average molecular weight is 459 g/mol. The number of carbonyl (C=O) groups excluding carboxylic acids is 1. The van der Waals surface area contributed by atoms with Gasteiger partial charge in [0.15, 0.2) is 5.16 Å². The molecule has 0 spiro atoms. The topological polar surface area (TPSA) is 85.2 Å². The molecule has 1 atom stereocenters. The highest BCUT2D eigenvalue weighted by atomic mass is 35.5. The first-order valence-corrected chi connectivity index (χ1v) is 11.2. The zero-order chi connectivity index (χ0) is 21.6. The summed E-state index contributed by atoms with van der Waals surface area (Å²) in [5.41, 5.74) is 1.14. The third-order valence-corrected chi connectivity index (χ3v) is 6.11. The van der Waals surface area contributed by atoms with Crippen LogP contribution in [0.3, 0.4) is 0 Å². The maximum absolute atomic E-state index is 12.7. The molecule has 0 aliphatic carbocycles. The van der Waals surface area contributed by atoms with Crippen molar-refractivity contribution in [2.75, 3.05) is 36.5 Å². The summed E-state index contributed by atoms with van der Waals surface area (Å²) in [6.45, 7) is 5.30. The van der Waals surface area contributed by atoms with Gasteiger partial charge in [0.05, 0.1) is 30.0 Å². The lowest BCUT2D eigenvalue weighted by molar-refractivity contribution is -0.115. The van der Waals surface area contributed by atoms with Crippen LogP contribution in [0.4, 0.5) is 11.8 Å². The standard InChI is InChI=1S/C21H23ClN6O2S/c1-15(19(29)24-18-8-7-17(22)13-23-18)31-21-26-25-20(27-9-11-30-12-10-27)28(21)14-16-5-3-2-4-6-16/h2-8,13,15H,9-12,14H2,1H3,(H,23,24,29)/t15-/m0/s1. The van der Waals surface area contributed by atoms with Gasteiger partial charge in [0.1, 0.15) is 5.82 Å². The van der Waals surface area contributed by atoms with Crippen LogP contribution in [-0.4, -0.2) is 57.2 Å². The van der Waals surface area contributed by atoms with E-state index < -0.39 is 5.25 Å². The minimum absolute atomic E-state index is 0.165. The second kappa shape index (κ2) is 10.1. The lowest BCUT2D eigenvalue weighted by Crippen LogP contribution is -2.38. The van der Waals surface area contributed by atoms with E-state index in [1.54, 1.807) is 12.1 Å². The molecule has 3 aromatic rings. The van der Waals surface area contributed by atoms with Crippen molar-refractivity contribution in [2.45, 2.75) is 23.9 Å². The van der Waals surface area contributed by atoms with Crippen LogP contribution in [0.1, 0.15) is 12.5 Å². The molecule has 1 aliphatic rings. The van der Waals surface area contributed by atoms with E-state index in [1.165, 1.54) is 18.0 Å². The molecule has 10 heteroatoms. The maximum Gasteiger partial charge on any atom is 0.238 e. The molecule has 3 heterocycles. The normalized spacial score (nSPS) is 15.0. The minimum atomic E-state index is -0.395. The Bertz CT molecular complexity index is 1010. The quantitative estimate of drug-likeness (QED) is 0.543. The predicted molar refractivity (Wildman–Crippen MR) is 122 cm³/mol. The molecule has 31 heavy (non-hydrogen) atoms. The van der Waals surface area contributed by atoms with E-state index in [1.807, 2.05) is 25.1 Å². The van der Waals surface area contributed by atoms with Gasteiger partial charge in [-0.2, -0.15) is 0 Å². The van der Waals surface area contributed by atoms with E-state index in [9.17, 15) is 4.79 Å². The summed E-state index contributed by atoms with van der Waals surface area (Å²) in [4.78, 5) is 19.0. The molecule has 162 valence electrons. The van der Waals surface area contributed by atoms with E-state index in [2.05, 4.69) is 42.1 Å². The molecular weight excluding hydrogens is 436 g/mol. The van der Waals surface area contributed by atoms with Crippen molar-refractivity contribution in [1.29, 1.82) is 0 Å². The van der Waals surface area contributed by atoms with E-state index in [4.69, 9.17) is 16.3 Å². The van der Waals surface area contributed by atoms with Crippen molar-refractivity contribution in [2.24, 2.45) is 0 Å². The number of rotatable bonds is 7. The molecule has 0 bridgehead atoms. The van der Waals surface area contributed by atoms with E-state index in [0.29, 0.717) is 35.8 Å². The third kappa shape index (κ3) is 5.55. The number of aromatic nitrogens is 4. The number of morpholine rings is 1. The molecule has 1 N–H and O–H groups in total. The smallest absolute Gasteiger partial charge is 0.238 e. The molecule has 1 aromatic carbocycles. The zero-order valence-corrected chi connectivity index (χ0v) is 18.6. The largest absolute Gasteiger partial charge is 0.378 e. The van der Waals surface area contributed by atoms with Crippen molar-refractivity contribution >= 4 is 41.0 Å². The van der Waals surface area contributed by atoms with Crippen molar-refractivity contribution < 1.29 is 9.53 Å². The Labute approximate surface area is 190 Å². The number of carbonyl (C=O) groups is 1. The summed E-state index contributed by atoms with van der Waals surface area (Å²) in [5.74, 6) is 1.09. The molecule has 1 saturated heterocycles. The fourth-order valence-corrected chi connectivity index (χ4v) is 4.11. The van der Waals surface area contributed by atoms with Gasteiger partial charge in [-0.05, 0) is 24.6 Å². The van der Waals surface area contributed by atoms with Gasteiger partial charge in [-0.1, -0.05) is 53.7 Å². The number of hydrogen-bond donors (Lipinski definition) is 1. The molecule has 0 unspecified atom stereocenters. The first-order chi connectivity index (χ1) is 15.1. The van der Waals surface area contributed by atoms with Gasteiger partial charge < -0.3 is 15.0 Å². The van der Waals surface area contributed by atoms with Crippen LogP contribution >= 0.6 is 23.4 Å². The Kier molecular flexibility index (Phi) is 7.06. The Balaban J connectivity index is 1.52. The molecule has 0 saturated carbocycles. The van der Waals surface area contributed by atoms with Gasteiger partial charge in [-0.15, -0.1) is 10.2 Å². The van der Waals surface area contributed by atoms with Crippen LogP contribution < -0.4 is 10.2 Å². The van der Waals surface area contributed by atoms with Crippen molar-refractivity contribution in [1.82, 2.24) is 19.7 Å². The van der Waals surface area contributed by atoms with Gasteiger partial charge >= 0.3 is 0 Å². The minimum Gasteiger partial charge on any atom is -0.378 e. The number of amides is 1. The molecule has 1 amide bonds. The third-order valence-electron chi connectivity index (χ3n) is 4.80. The van der Waals surface area contributed by atoms with Crippen LogP contribution in [0.2, 0.25) is 5.02 Å². The molecule has 1 aliphatic heterocycles. The Morgan fingerprint density at radius 2 is 1.97 bits per heavy atom. The number of hydrogen-bond acceptors (Lipinski definition) is 7. The van der Waals surface area contributed by atoms with Crippen LogP contribution in [0.25, 0.3) is 0 Å². The lowest BCUT2D eigenvalue weighted by atomic mass is 10.2. The Hall–Kier alpha value is -2.62. The number of nitrogens with one attached hydrogen (secondary N) is 1. The SMILES string of the molecule is C[C@H](Sc1nnc(N2CCOCC2)n1Cc1ccccc1)C(=O)Nc1ccc(Cl)cn1. The van der Waals surface area contributed by atoms with Crippen molar-refractivity contribution in [3.8, 4) is 0 Å². The van der Waals surface area contributed by atoms with Gasteiger partial charge in [0.2, 0.25) is 11.9 Å². The van der Waals surface area contributed by atoms with Crippen molar-refractivity contribution in [3.05, 3.63) is 59.2 Å². The summed E-state index contributed by atoms with van der Waals surface area (Å²) in [5, 5.41) is 12.5.